The Morgan fingerprint density at radius 3 is 2.26 bits per heavy atom. The van der Waals surface area contributed by atoms with Crippen LogP contribution >= 0.6 is 0 Å². The predicted molar refractivity (Wildman–Crippen MR) is 81.7 cm³/mol. The van der Waals surface area contributed by atoms with Crippen molar-refractivity contribution in [3.63, 3.8) is 0 Å². The highest BCUT2D eigenvalue weighted by atomic mass is 16.3. The molecule has 0 saturated carbocycles. The molecule has 0 fully saturated rings. The van der Waals surface area contributed by atoms with Gasteiger partial charge in [0.1, 0.15) is 5.75 Å². The molecule has 0 bridgehead atoms. The largest absolute Gasteiger partial charge is 0.508 e. The van der Waals surface area contributed by atoms with E-state index >= 15 is 0 Å². The van der Waals surface area contributed by atoms with Crippen LogP contribution in [0.2, 0.25) is 0 Å². The summed E-state index contributed by atoms with van der Waals surface area (Å²) in [4.78, 5) is 2.26. The zero-order valence-corrected chi connectivity index (χ0v) is 12.9. The third-order valence-corrected chi connectivity index (χ3v) is 4.02. The Morgan fingerprint density at radius 2 is 1.79 bits per heavy atom. The molecule has 3 heteroatoms. The molecule has 19 heavy (non-hydrogen) atoms. The maximum atomic E-state index is 9.36. The second-order valence-electron chi connectivity index (χ2n) is 5.93. The van der Waals surface area contributed by atoms with Crippen molar-refractivity contribution in [1.29, 1.82) is 0 Å². The quantitative estimate of drug-likeness (QED) is 0.795. The lowest BCUT2D eigenvalue weighted by molar-refractivity contribution is 0.137. The van der Waals surface area contributed by atoms with E-state index in [0.717, 1.165) is 19.4 Å². The monoisotopic (exact) mass is 264 g/mol. The second kappa shape index (κ2) is 6.92. The second-order valence-corrected chi connectivity index (χ2v) is 5.93. The van der Waals surface area contributed by atoms with Gasteiger partial charge in [0, 0.05) is 11.6 Å². The summed E-state index contributed by atoms with van der Waals surface area (Å²) >= 11 is 0. The minimum absolute atomic E-state index is 0.0764. The summed E-state index contributed by atoms with van der Waals surface area (Å²) in [5.41, 5.74) is 1.33. The number of phenols is 1. The van der Waals surface area contributed by atoms with Gasteiger partial charge in [-0.15, -0.1) is 0 Å². The van der Waals surface area contributed by atoms with Crippen LogP contribution in [-0.2, 0) is 6.42 Å². The number of likely N-dealkylation sites (N-methyl/N-ethyl adjacent to an activating group) is 1. The highest BCUT2D eigenvalue weighted by molar-refractivity contribution is 5.27. The summed E-state index contributed by atoms with van der Waals surface area (Å²) in [6.07, 6.45) is 2.10. The number of nitrogens with one attached hydrogen (secondary N) is 1. The van der Waals surface area contributed by atoms with Gasteiger partial charge in [-0.3, -0.25) is 0 Å². The number of phenolic OH excluding ortho intramolecular Hbond substituents is 1. The van der Waals surface area contributed by atoms with Crippen LogP contribution in [0, 0.1) is 0 Å². The molecule has 0 heterocycles. The highest BCUT2D eigenvalue weighted by Gasteiger charge is 2.31. The van der Waals surface area contributed by atoms with Crippen LogP contribution in [0.5, 0.6) is 5.75 Å². The molecule has 3 nitrogen and oxygen atoms in total. The number of aromatic hydroxyl groups is 1. The number of nitrogens with zero attached hydrogens (tertiary/aromatic N) is 1. The minimum Gasteiger partial charge on any atom is -0.508 e. The average molecular weight is 264 g/mol. The summed E-state index contributed by atoms with van der Waals surface area (Å²) in [6, 6.07) is 7.90. The minimum atomic E-state index is 0.0764. The molecule has 0 aliphatic rings. The zero-order chi connectivity index (χ0) is 14.5. The summed E-state index contributed by atoms with van der Waals surface area (Å²) in [5, 5.41) is 13.0. The van der Waals surface area contributed by atoms with E-state index in [2.05, 4.69) is 45.1 Å². The van der Waals surface area contributed by atoms with Crippen molar-refractivity contribution < 1.29 is 5.11 Å². The van der Waals surface area contributed by atoms with Gasteiger partial charge in [-0.1, -0.05) is 19.1 Å². The molecule has 1 unspecified atom stereocenters. The fourth-order valence-electron chi connectivity index (χ4n) is 2.07. The van der Waals surface area contributed by atoms with Crippen LogP contribution in [0.1, 0.15) is 32.8 Å². The SMILES string of the molecule is CCCNC(Cc1ccc(O)cc1)C(C)(C)N(C)C. The summed E-state index contributed by atoms with van der Waals surface area (Å²) in [5.74, 6) is 0.327. The zero-order valence-electron chi connectivity index (χ0n) is 12.9. The fraction of sp³-hybridized carbons (Fsp3) is 0.625. The van der Waals surface area contributed by atoms with Gasteiger partial charge >= 0.3 is 0 Å². The Morgan fingerprint density at radius 1 is 1.21 bits per heavy atom. The van der Waals surface area contributed by atoms with Crippen LogP contribution < -0.4 is 5.32 Å². The molecule has 1 aromatic rings. The van der Waals surface area contributed by atoms with Gasteiger partial charge in [-0.05, 0) is 65.0 Å². The lowest BCUT2D eigenvalue weighted by atomic mass is 9.88. The molecule has 0 spiro atoms. The third kappa shape index (κ3) is 4.51. The first-order valence-electron chi connectivity index (χ1n) is 7.06. The molecule has 1 rings (SSSR count). The lowest BCUT2D eigenvalue weighted by Crippen LogP contribution is -2.56. The Balaban J connectivity index is 2.82. The Bertz CT molecular complexity index is 371. The molecule has 0 aromatic heterocycles. The Kier molecular flexibility index (Phi) is 5.83. The molecule has 2 N–H and O–H groups in total. The van der Waals surface area contributed by atoms with E-state index in [1.54, 1.807) is 12.1 Å². The van der Waals surface area contributed by atoms with Crippen molar-refractivity contribution in [1.82, 2.24) is 10.2 Å². The number of hydrogen-bond donors (Lipinski definition) is 2. The van der Waals surface area contributed by atoms with Crippen molar-refractivity contribution in [3.05, 3.63) is 29.8 Å². The van der Waals surface area contributed by atoms with Gasteiger partial charge in [-0.2, -0.15) is 0 Å². The topological polar surface area (TPSA) is 35.5 Å². The van der Waals surface area contributed by atoms with Crippen LogP contribution in [0.4, 0.5) is 0 Å². The van der Waals surface area contributed by atoms with Gasteiger partial charge in [0.05, 0.1) is 0 Å². The van der Waals surface area contributed by atoms with Crippen LogP contribution in [0.15, 0.2) is 24.3 Å². The first kappa shape index (κ1) is 16.0. The first-order valence-corrected chi connectivity index (χ1v) is 7.06. The van der Waals surface area contributed by atoms with E-state index in [-0.39, 0.29) is 5.54 Å². The van der Waals surface area contributed by atoms with Crippen LogP contribution in [0.25, 0.3) is 0 Å². The maximum absolute atomic E-state index is 9.36. The highest BCUT2D eigenvalue weighted by Crippen LogP contribution is 2.21. The van der Waals surface area contributed by atoms with Crippen molar-refractivity contribution >= 4 is 0 Å². The maximum Gasteiger partial charge on any atom is 0.115 e. The summed E-state index contributed by atoms with van der Waals surface area (Å²) in [7, 11) is 4.24. The molecule has 108 valence electrons. The van der Waals surface area contributed by atoms with E-state index in [1.165, 1.54) is 5.56 Å². The van der Waals surface area contributed by atoms with E-state index in [9.17, 15) is 5.11 Å². The molecule has 0 aliphatic heterocycles. The molecular formula is C16H28N2O. The smallest absolute Gasteiger partial charge is 0.115 e. The van der Waals surface area contributed by atoms with Crippen molar-refractivity contribution in [2.45, 2.75) is 45.2 Å². The van der Waals surface area contributed by atoms with Gasteiger partial charge in [0.15, 0.2) is 0 Å². The average Bonchev–Trinajstić information content (AvgIpc) is 2.36. The number of hydrogen-bond acceptors (Lipinski definition) is 3. The van der Waals surface area contributed by atoms with Gasteiger partial charge < -0.3 is 15.3 Å². The van der Waals surface area contributed by atoms with Crippen molar-refractivity contribution in [2.24, 2.45) is 0 Å². The van der Waals surface area contributed by atoms with E-state index < -0.39 is 0 Å². The van der Waals surface area contributed by atoms with Crippen LogP contribution in [-0.4, -0.2) is 42.2 Å². The van der Waals surface area contributed by atoms with Gasteiger partial charge in [0.25, 0.3) is 0 Å². The van der Waals surface area contributed by atoms with Gasteiger partial charge in [0.2, 0.25) is 0 Å². The lowest BCUT2D eigenvalue weighted by Gasteiger charge is -2.41. The molecule has 1 atom stereocenters. The number of benzene rings is 1. The molecule has 0 amide bonds. The third-order valence-electron chi connectivity index (χ3n) is 4.02. The molecular weight excluding hydrogens is 236 g/mol. The van der Waals surface area contributed by atoms with Crippen molar-refractivity contribution in [3.8, 4) is 5.75 Å². The molecule has 1 aromatic carbocycles. The Hall–Kier alpha value is -1.06. The van der Waals surface area contributed by atoms with Crippen molar-refractivity contribution in [2.75, 3.05) is 20.6 Å². The fourth-order valence-corrected chi connectivity index (χ4v) is 2.07. The van der Waals surface area contributed by atoms with E-state index in [0.29, 0.717) is 11.8 Å². The summed E-state index contributed by atoms with van der Waals surface area (Å²) < 4.78 is 0. The molecule has 0 aliphatic carbocycles. The normalized spacial score (nSPS) is 13.8. The molecule has 0 radical (unpaired) electrons. The van der Waals surface area contributed by atoms with Gasteiger partial charge in [-0.25, -0.2) is 0 Å². The number of rotatable bonds is 7. The predicted octanol–water partition coefficient (Wildman–Crippen LogP) is 2.64. The van der Waals surface area contributed by atoms with Crippen LogP contribution in [0.3, 0.4) is 0 Å². The summed E-state index contributed by atoms with van der Waals surface area (Å²) in [6.45, 7) is 7.74. The van der Waals surface area contributed by atoms with E-state index in [1.807, 2.05) is 12.1 Å². The molecule has 0 saturated heterocycles. The first-order chi connectivity index (χ1) is 8.87. The van der Waals surface area contributed by atoms with E-state index in [4.69, 9.17) is 0 Å². The standard InChI is InChI=1S/C16H28N2O/c1-6-11-17-15(16(2,3)18(4)5)12-13-7-9-14(19)10-8-13/h7-10,15,17,19H,6,11-12H2,1-5H3. The Labute approximate surface area is 117 Å².